The molecule has 7 heteroatoms. The lowest BCUT2D eigenvalue weighted by Crippen LogP contribution is -2.39. The van der Waals surface area contributed by atoms with Gasteiger partial charge in [-0.25, -0.2) is 8.42 Å². The normalized spacial score (nSPS) is 28.3. The number of nitrogens with one attached hydrogen (secondary N) is 1. The SMILES string of the molecule is CC(C)CCNC(=O)[C@H]1CC(=O)N([C@H]2CCS(=O)(=O)C2)C1. The first-order chi connectivity index (χ1) is 9.78. The van der Waals surface area contributed by atoms with Crippen LogP contribution in [0.25, 0.3) is 0 Å². The fourth-order valence-electron chi connectivity index (χ4n) is 2.91. The standard InChI is InChI=1S/C14H24N2O4S/c1-10(2)3-5-15-14(18)11-7-13(17)16(8-11)12-4-6-21(19,20)9-12/h10-12H,3-9H2,1-2H3,(H,15,18)/t11-,12-/m0/s1. The van der Waals surface area contributed by atoms with Gasteiger partial charge in [0, 0.05) is 25.6 Å². The van der Waals surface area contributed by atoms with Crippen LogP contribution in [0.1, 0.15) is 33.1 Å². The molecular formula is C14H24N2O4S. The number of amides is 2. The second-order valence-corrected chi connectivity index (χ2v) is 8.71. The smallest absolute Gasteiger partial charge is 0.225 e. The van der Waals surface area contributed by atoms with Gasteiger partial charge in [0.1, 0.15) is 0 Å². The molecule has 2 fully saturated rings. The molecule has 2 heterocycles. The number of hydrogen-bond acceptors (Lipinski definition) is 4. The number of likely N-dealkylation sites (tertiary alicyclic amines) is 1. The van der Waals surface area contributed by atoms with E-state index in [0.29, 0.717) is 25.4 Å². The number of rotatable bonds is 5. The Bertz CT molecular complexity index is 515. The number of nitrogens with zero attached hydrogens (tertiary/aromatic N) is 1. The van der Waals surface area contributed by atoms with Gasteiger partial charge in [0.25, 0.3) is 0 Å². The topological polar surface area (TPSA) is 83.6 Å². The molecule has 2 aliphatic heterocycles. The van der Waals surface area contributed by atoms with Gasteiger partial charge in [-0.05, 0) is 18.8 Å². The van der Waals surface area contributed by atoms with Crippen LogP contribution in [0.5, 0.6) is 0 Å². The molecule has 2 rings (SSSR count). The maximum absolute atomic E-state index is 12.1. The molecule has 21 heavy (non-hydrogen) atoms. The van der Waals surface area contributed by atoms with Gasteiger partial charge in [-0.2, -0.15) is 0 Å². The van der Waals surface area contributed by atoms with Gasteiger partial charge in [0.2, 0.25) is 11.8 Å². The lowest BCUT2D eigenvalue weighted by atomic mass is 10.1. The second kappa shape index (κ2) is 6.34. The van der Waals surface area contributed by atoms with Gasteiger partial charge in [-0.3, -0.25) is 9.59 Å². The molecule has 1 N–H and O–H groups in total. The van der Waals surface area contributed by atoms with Crippen molar-refractivity contribution in [2.75, 3.05) is 24.6 Å². The summed E-state index contributed by atoms with van der Waals surface area (Å²) in [6.45, 7) is 5.16. The fraction of sp³-hybridized carbons (Fsp3) is 0.857. The molecule has 2 aliphatic rings. The number of carbonyl (C=O) groups is 2. The van der Waals surface area contributed by atoms with E-state index in [2.05, 4.69) is 19.2 Å². The zero-order valence-corrected chi connectivity index (χ0v) is 13.5. The van der Waals surface area contributed by atoms with Crippen molar-refractivity contribution in [3.63, 3.8) is 0 Å². The lowest BCUT2D eigenvalue weighted by molar-refractivity contribution is -0.130. The van der Waals surface area contributed by atoms with Gasteiger partial charge in [-0.15, -0.1) is 0 Å². The van der Waals surface area contributed by atoms with Crippen molar-refractivity contribution in [2.45, 2.75) is 39.2 Å². The summed E-state index contributed by atoms with van der Waals surface area (Å²) >= 11 is 0. The van der Waals surface area contributed by atoms with E-state index in [1.54, 1.807) is 4.90 Å². The first-order valence-corrected chi connectivity index (χ1v) is 9.38. The van der Waals surface area contributed by atoms with Crippen LogP contribution in [-0.4, -0.2) is 55.8 Å². The minimum Gasteiger partial charge on any atom is -0.356 e. The predicted octanol–water partition coefficient (Wildman–Crippen LogP) is 0.184. The summed E-state index contributed by atoms with van der Waals surface area (Å²) in [6, 6.07) is -0.240. The van der Waals surface area contributed by atoms with Crippen LogP contribution in [0.2, 0.25) is 0 Å². The Labute approximate surface area is 126 Å². The second-order valence-electron chi connectivity index (χ2n) is 6.48. The van der Waals surface area contributed by atoms with Gasteiger partial charge in [0.05, 0.1) is 17.4 Å². The van der Waals surface area contributed by atoms with Gasteiger partial charge >= 0.3 is 0 Å². The van der Waals surface area contributed by atoms with Gasteiger partial charge in [-0.1, -0.05) is 13.8 Å². The van der Waals surface area contributed by atoms with E-state index < -0.39 is 9.84 Å². The molecule has 0 aromatic carbocycles. The van der Waals surface area contributed by atoms with Crippen molar-refractivity contribution in [2.24, 2.45) is 11.8 Å². The van der Waals surface area contributed by atoms with E-state index in [1.165, 1.54) is 0 Å². The molecule has 0 aromatic rings. The lowest BCUT2D eigenvalue weighted by Gasteiger charge is -2.23. The van der Waals surface area contributed by atoms with E-state index in [9.17, 15) is 18.0 Å². The first kappa shape index (κ1) is 16.3. The summed E-state index contributed by atoms with van der Waals surface area (Å²) in [5, 5.41) is 2.87. The third kappa shape index (κ3) is 4.18. The van der Waals surface area contributed by atoms with Crippen LogP contribution in [0.4, 0.5) is 0 Å². The Morgan fingerprint density at radius 2 is 2.14 bits per heavy atom. The summed E-state index contributed by atoms with van der Waals surface area (Å²) in [5.41, 5.74) is 0. The van der Waals surface area contributed by atoms with Gasteiger partial charge < -0.3 is 10.2 Å². The highest BCUT2D eigenvalue weighted by Crippen LogP contribution is 2.26. The van der Waals surface area contributed by atoms with Crippen molar-refractivity contribution in [1.29, 1.82) is 0 Å². The van der Waals surface area contributed by atoms with Crippen molar-refractivity contribution < 1.29 is 18.0 Å². The third-order valence-electron chi connectivity index (χ3n) is 4.20. The molecule has 0 aliphatic carbocycles. The Morgan fingerprint density at radius 1 is 1.43 bits per heavy atom. The molecule has 2 amide bonds. The van der Waals surface area contributed by atoms with Crippen molar-refractivity contribution in [3.8, 4) is 0 Å². The monoisotopic (exact) mass is 316 g/mol. The zero-order chi connectivity index (χ0) is 15.6. The average molecular weight is 316 g/mol. The summed E-state index contributed by atoms with van der Waals surface area (Å²) in [6.07, 6.45) is 1.61. The molecule has 6 nitrogen and oxygen atoms in total. The molecule has 2 saturated heterocycles. The Balaban J connectivity index is 1.86. The van der Waals surface area contributed by atoms with E-state index in [1.807, 2.05) is 0 Å². The predicted molar refractivity (Wildman–Crippen MR) is 79.3 cm³/mol. The molecule has 120 valence electrons. The maximum Gasteiger partial charge on any atom is 0.225 e. The summed E-state index contributed by atoms with van der Waals surface area (Å²) in [7, 11) is -3.01. The summed E-state index contributed by atoms with van der Waals surface area (Å²) in [5.74, 6) is 0.185. The highest BCUT2D eigenvalue weighted by molar-refractivity contribution is 7.91. The van der Waals surface area contributed by atoms with Crippen LogP contribution in [0.15, 0.2) is 0 Å². The molecule has 2 atom stereocenters. The van der Waals surface area contributed by atoms with Crippen molar-refractivity contribution in [3.05, 3.63) is 0 Å². The van der Waals surface area contributed by atoms with Gasteiger partial charge in [0.15, 0.2) is 9.84 Å². The minimum atomic E-state index is -3.01. The van der Waals surface area contributed by atoms with Crippen LogP contribution < -0.4 is 5.32 Å². The quantitative estimate of drug-likeness (QED) is 0.784. The van der Waals surface area contributed by atoms with Crippen LogP contribution in [0.3, 0.4) is 0 Å². The molecule has 0 spiro atoms. The Kier molecular flexibility index (Phi) is 4.91. The number of sulfone groups is 1. The summed E-state index contributed by atoms with van der Waals surface area (Å²) < 4.78 is 23.0. The molecule has 0 radical (unpaired) electrons. The van der Waals surface area contributed by atoms with Crippen LogP contribution in [0, 0.1) is 11.8 Å². The first-order valence-electron chi connectivity index (χ1n) is 7.56. The molecule has 0 saturated carbocycles. The van der Waals surface area contributed by atoms with E-state index in [-0.39, 0.29) is 41.7 Å². The summed E-state index contributed by atoms with van der Waals surface area (Å²) in [4.78, 5) is 25.7. The highest BCUT2D eigenvalue weighted by Gasteiger charge is 2.41. The molecule has 0 unspecified atom stereocenters. The minimum absolute atomic E-state index is 0.0421. The van der Waals surface area contributed by atoms with E-state index in [0.717, 1.165) is 6.42 Å². The number of hydrogen-bond donors (Lipinski definition) is 1. The van der Waals surface area contributed by atoms with E-state index >= 15 is 0 Å². The molecule has 0 bridgehead atoms. The van der Waals surface area contributed by atoms with Crippen molar-refractivity contribution in [1.82, 2.24) is 10.2 Å². The third-order valence-corrected chi connectivity index (χ3v) is 5.95. The average Bonchev–Trinajstić information content (AvgIpc) is 2.91. The number of carbonyl (C=O) groups excluding carboxylic acids is 2. The van der Waals surface area contributed by atoms with Crippen LogP contribution in [-0.2, 0) is 19.4 Å². The fourth-order valence-corrected chi connectivity index (χ4v) is 4.64. The van der Waals surface area contributed by atoms with E-state index in [4.69, 9.17) is 0 Å². The Morgan fingerprint density at radius 3 is 2.71 bits per heavy atom. The highest BCUT2D eigenvalue weighted by atomic mass is 32.2. The van der Waals surface area contributed by atoms with Crippen LogP contribution >= 0.6 is 0 Å². The largest absolute Gasteiger partial charge is 0.356 e. The Hall–Kier alpha value is -1.11. The van der Waals surface area contributed by atoms with Crippen molar-refractivity contribution >= 4 is 21.7 Å². The maximum atomic E-state index is 12.1. The molecule has 0 aromatic heterocycles. The molecular weight excluding hydrogens is 292 g/mol. The zero-order valence-electron chi connectivity index (χ0n) is 12.7.